The third-order valence-corrected chi connectivity index (χ3v) is 3.58. The van der Waals surface area contributed by atoms with Gasteiger partial charge in [-0.1, -0.05) is 0 Å². The predicted octanol–water partition coefficient (Wildman–Crippen LogP) is 2.23. The van der Waals surface area contributed by atoms with E-state index in [4.69, 9.17) is 4.42 Å². The van der Waals surface area contributed by atoms with Gasteiger partial charge in [0.2, 0.25) is 0 Å². The van der Waals surface area contributed by atoms with Crippen LogP contribution in [0.25, 0.3) is 11.5 Å². The number of aromatic nitrogens is 3. The number of aromatic amines is 1. The highest BCUT2D eigenvalue weighted by Gasteiger charge is 2.28. The minimum Gasteiger partial charge on any atom is -0.460 e. The number of aryl methyl sites for hydroxylation is 1. The van der Waals surface area contributed by atoms with Gasteiger partial charge < -0.3 is 15.1 Å². The Hall–Kier alpha value is -3.09. The smallest absolute Gasteiger partial charge is 0.256 e. The van der Waals surface area contributed by atoms with Crippen LogP contribution in [0.4, 0.5) is 5.82 Å². The number of nitrogens with zero attached hydrogens (tertiary/aromatic N) is 2. The zero-order chi connectivity index (χ0) is 15.1. The van der Waals surface area contributed by atoms with Crippen LogP contribution < -0.4 is 10.6 Å². The van der Waals surface area contributed by atoms with E-state index < -0.39 is 6.17 Å². The third-order valence-electron chi connectivity index (χ3n) is 3.58. The quantitative estimate of drug-likeness (QED) is 0.673. The minimum atomic E-state index is -0.422. The number of hydrogen-bond donors (Lipinski definition) is 3. The molecule has 3 aromatic rings. The maximum atomic E-state index is 12.2. The van der Waals surface area contributed by atoms with Gasteiger partial charge in [-0.15, -0.1) is 0 Å². The monoisotopic (exact) mass is 295 g/mol. The summed E-state index contributed by atoms with van der Waals surface area (Å²) >= 11 is 0. The van der Waals surface area contributed by atoms with Crippen molar-refractivity contribution in [2.75, 3.05) is 5.32 Å². The van der Waals surface area contributed by atoms with Gasteiger partial charge in [-0.3, -0.25) is 9.89 Å². The van der Waals surface area contributed by atoms with Crippen molar-refractivity contribution in [3.63, 3.8) is 0 Å². The van der Waals surface area contributed by atoms with E-state index in [0.717, 1.165) is 17.0 Å². The molecular weight excluding hydrogens is 282 g/mol. The number of H-pyrrole nitrogens is 1. The number of carbonyl (C=O) groups is 1. The highest BCUT2D eigenvalue weighted by Crippen LogP contribution is 2.31. The summed E-state index contributed by atoms with van der Waals surface area (Å²) in [5.41, 5.74) is 2.04. The summed E-state index contributed by atoms with van der Waals surface area (Å²) in [5, 5.41) is 13.1. The first-order valence-electron chi connectivity index (χ1n) is 6.85. The molecular formula is C15H13N5O2. The van der Waals surface area contributed by atoms with Crippen LogP contribution in [0, 0.1) is 6.92 Å². The summed E-state index contributed by atoms with van der Waals surface area (Å²) in [6.07, 6.45) is 2.89. The lowest BCUT2D eigenvalue weighted by molar-refractivity contribution is 0.0935. The first-order valence-corrected chi connectivity index (χ1v) is 6.85. The topological polar surface area (TPSA) is 95.8 Å². The number of fused-ring (bicyclic) bond motifs is 1. The van der Waals surface area contributed by atoms with Crippen LogP contribution in [0.3, 0.4) is 0 Å². The van der Waals surface area contributed by atoms with Gasteiger partial charge in [-0.2, -0.15) is 5.10 Å². The fourth-order valence-corrected chi connectivity index (χ4v) is 2.52. The van der Waals surface area contributed by atoms with Crippen LogP contribution in [0.5, 0.6) is 0 Å². The number of anilines is 1. The Bertz CT molecular complexity index is 851. The Morgan fingerprint density at radius 2 is 2.14 bits per heavy atom. The van der Waals surface area contributed by atoms with E-state index in [9.17, 15) is 4.79 Å². The molecule has 0 radical (unpaired) electrons. The Morgan fingerprint density at radius 1 is 1.23 bits per heavy atom. The van der Waals surface area contributed by atoms with Gasteiger partial charge in [0.15, 0.2) is 5.76 Å². The van der Waals surface area contributed by atoms with Gasteiger partial charge in [-0.05, 0) is 31.2 Å². The predicted molar refractivity (Wildman–Crippen MR) is 79.1 cm³/mol. The van der Waals surface area contributed by atoms with Crippen molar-refractivity contribution < 1.29 is 9.21 Å². The molecule has 0 aromatic carbocycles. The molecule has 7 nitrogen and oxygen atoms in total. The molecule has 4 heterocycles. The fourth-order valence-electron chi connectivity index (χ4n) is 2.52. The fraction of sp³-hybridized carbons (Fsp3) is 0.133. The van der Waals surface area contributed by atoms with Gasteiger partial charge in [0.05, 0.1) is 11.8 Å². The molecule has 3 aromatic heterocycles. The van der Waals surface area contributed by atoms with Crippen LogP contribution in [0.15, 0.2) is 41.1 Å². The largest absolute Gasteiger partial charge is 0.460 e. The molecule has 0 unspecified atom stereocenters. The molecule has 1 aliphatic rings. The second-order valence-corrected chi connectivity index (χ2v) is 5.06. The molecule has 7 heteroatoms. The van der Waals surface area contributed by atoms with Crippen molar-refractivity contribution in [3.05, 3.63) is 53.5 Å². The molecule has 1 atom stereocenters. The molecule has 1 amide bonds. The molecule has 22 heavy (non-hydrogen) atoms. The number of carbonyl (C=O) groups excluding carboxylic acids is 1. The lowest BCUT2D eigenvalue weighted by Gasteiger charge is -2.26. The van der Waals surface area contributed by atoms with Crippen LogP contribution in [0.1, 0.15) is 27.8 Å². The lowest BCUT2D eigenvalue weighted by Crippen LogP contribution is -2.38. The average molecular weight is 295 g/mol. The number of amides is 1. The van der Waals surface area contributed by atoms with Crippen molar-refractivity contribution >= 4 is 11.7 Å². The highest BCUT2D eigenvalue weighted by atomic mass is 16.3. The highest BCUT2D eigenvalue weighted by molar-refractivity contribution is 6.00. The molecule has 0 saturated carbocycles. The van der Waals surface area contributed by atoms with Crippen molar-refractivity contribution in [2.24, 2.45) is 0 Å². The molecule has 0 saturated heterocycles. The van der Waals surface area contributed by atoms with E-state index in [2.05, 4.69) is 25.8 Å². The SMILES string of the molecule is Cc1ccc(-c2[nH]ncc2[C@H]2NC(=O)c3cccnc3N2)o1. The van der Waals surface area contributed by atoms with Crippen molar-refractivity contribution in [2.45, 2.75) is 13.1 Å². The minimum absolute atomic E-state index is 0.172. The molecule has 0 fully saturated rings. The Labute approximate surface area is 125 Å². The van der Waals surface area contributed by atoms with E-state index in [0.29, 0.717) is 17.1 Å². The molecule has 1 aliphatic heterocycles. The Morgan fingerprint density at radius 3 is 2.95 bits per heavy atom. The molecule has 0 bridgehead atoms. The van der Waals surface area contributed by atoms with Gasteiger partial charge in [0.1, 0.15) is 23.4 Å². The van der Waals surface area contributed by atoms with E-state index in [-0.39, 0.29) is 5.91 Å². The first kappa shape index (κ1) is 12.6. The maximum Gasteiger partial charge on any atom is 0.256 e. The second-order valence-electron chi connectivity index (χ2n) is 5.06. The lowest BCUT2D eigenvalue weighted by atomic mass is 10.1. The molecule has 0 spiro atoms. The van der Waals surface area contributed by atoms with Crippen molar-refractivity contribution in [1.82, 2.24) is 20.5 Å². The Balaban J connectivity index is 1.73. The second kappa shape index (κ2) is 4.73. The number of pyridine rings is 1. The summed E-state index contributed by atoms with van der Waals surface area (Å²) in [6, 6.07) is 7.20. The molecule has 3 N–H and O–H groups in total. The Kier molecular flexibility index (Phi) is 2.72. The number of rotatable bonds is 2. The third kappa shape index (κ3) is 1.95. The zero-order valence-electron chi connectivity index (χ0n) is 11.8. The first-order chi connectivity index (χ1) is 10.7. The summed E-state index contributed by atoms with van der Waals surface area (Å²) in [4.78, 5) is 16.4. The summed E-state index contributed by atoms with van der Waals surface area (Å²) in [5.74, 6) is 1.87. The van der Waals surface area contributed by atoms with Gasteiger partial charge in [-0.25, -0.2) is 4.98 Å². The number of hydrogen-bond acceptors (Lipinski definition) is 5. The standard InChI is InChI=1S/C15H13N5O2/c1-8-4-5-11(22-8)12-10(7-17-20-12)14-18-13-9(15(21)19-14)3-2-6-16-13/h2-7,14H,1H3,(H,16,18)(H,17,20)(H,19,21)/t14-/m1/s1. The van der Waals surface area contributed by atoms with Gasteiger partial charge in [0, 0.05) is 11.8 Å². The summed E-state index contributed by atoms with van der Waals surface area (Å²) < 4.78 is 5.63. The van der Waals surface area contributed by atoms with Crippen molar-refractivity contribution in [1.29, 1.82) is 0 Å². The molecule has 4 rings (SSSR count). The summed E-state index contributed by atoms with van der Waals surface area (Å²) in [6.45, 7) is 1.88. The van der Waals surface area contributed by atoms with E-state index >= 15 is 0 Å². The normalized spacial score (nSPS) is 16.8. The van der Waals surface area contributed by atoms with Gasteiger partial charge >= 0.3 is 0 Å². The van der Waals surface area contributed by atoms with Crippen LogP contribution in [-0.4, -0.2) is 21.1 Å². The molecule has 0 aliphatic carbocycles. The van der Waals surface area contributed by atoms with Crippen molar-refractivity contribution in [3.8, 4) is 11.5 Å². The van der Waals surface area contributed by atoms with Crippen LogP contribution >= 0.6 is 0 Å². The average Bonchev–Trinajstić information content (AvgIpc) is 3.15. The zero-order valence-corrected chi connectivity index (χ0v) is 11.8. The van der Waals surface area contributed by atoms with E-state index in [1.165, 1.54) is 0 Å². The van der Waals surface area contributed by atoms with Crippen LogP contribution in [-0.2, 0) is 0 Å². The van der Waals surface area contributed by atoms with Crippen LogP contribution in [0.2, 0.25) is 0 Å². The summed E-state index contributed by atoms with van der Waals surface area (Å²) in [7, 11) is 0. The van der Waals surface area contributed by atoms with E-state index in [1.54, 1.807) is 24.5 Å². The number of nitrogens with one attached hydrogen (secondary N) is 3. The molecule has 110 valence electrons. The maximum absolute atomic E-state index is 12.2. The number of furan rings is 1. The van der Waals surface area contributed by atoms with E-state index in [1.807, 2.05) is 19.1 Å². The van der Waals surface area contributed by atoms with Gasteiger partial charge in [0.25, 0.3) is 5.91 Å².